The highest BCUT2D eigenvalue weighted by Crippen LogP contribution is 2.00. The van der Waals surface area contributed by atoms with Gasteiger partial charge in [-0.1, -0.05) is 0 Å². The summed E-state index contributed by atoms with van der Waals surface area (Å²) in [5.74, 6) is -1.84. The number of aliphatic hydroxyl groups excluding tert-OH is 1. The third kappa shape index (κ3) is 10.3. The zero-order chi connectivity index (χ0) is 18.8. The fourth-order valence-electron chi connectivity index (χ4n) is 2.75. The largest absolute Gasteiger partial charge is 0.480 e. The highest BCUT2D eigenvalue weighted by Gasteiger charge is 2.18. The van der Waals surface area contributed by atoms with Gasteiger partial charge >= 0.3 is 11.9 Å². The number of aliphatic carboxylic acids is 2. The Bertz CT molecular complexity index is 423. The molecule has 0 saturated carbocycles. The van der Waals surface area contributed by atoms with Crippen molar-refractivity contribution >= 4 is 11.9 Å². The Labute approximate surface area is 147 Å². The third-order valence-electron chi connectivity index (χ3n) is 4.20. The molecule has 1 fully saturated rings. The molecule has 1 saturated heterocycles. The average Bonchev–Trinajstić information content (AvgIpc) is 2.49. The molecule has 1 heterocycles. The van der Waals surface area contributed by atoms with Crippen molar-refractivity contribution < 1.29 is 30.0 Å². The molecule has 0 radical (unpaired) electrons. The van der Waals surface area contributed by atoms with E-state index in [1.165, 1.54) is 0 Å². The van der Waals surface area contributed by atoms with E-state index in [0.717, 1.165) is 0 Å². The molecule has 10 heteroatoms. The van der Waals surface area contributed by atoms with Crippen molar-refractivity contribution in [3.05, 3.63) is 0 Å². The summed E-state index contributed by atoms with van der Waals surface area (Å²) in [5, 5.41) is 36.5. The second kappa shape index (κ2) is 11.3. The quantitative estimate of drug-likeness (QED) is 0.371. The summed E-state index contributed by atoms with van der Waals surface area (Å²) in [7, 11) is 1.94. The maximum absolute atomic E-state index is 11.1. The number of hydrogen-bond donors (Lipinski definition) is 4. The molecular formula is C15H30N4O6. The van der Waals surface area contributed by atoms with Crippen LogP contribution in [0.25, 0.3) is 0 Å². The second-order valence-corrected chi connectivity index (χ2v) is 6.42. The van der Waals surface area contributed by atoms with Gasteiger partial charge in [-0.2, -0.15) is 0 Å². The topological polar surface area (TPSA) is 128 Å². The minimum atomic E-state index is -1.43. The lowest BCUT2D eigenvalue weighted by Gasteiger charge is -2.32. The molecule has 0 aromatic heterocycles. The summed E-state index contributed by atoms with van der Waals surface area (Å²) in [4.78, 5) is 29.6. The Balaban J connectivity index is 2.75. The lowest BCUT2D eigenvalue weighted by Crippen LogP contribution is -2.48. The van der Waals surface area contributed by atoms with Crippen LogP contribution in [0.5, 0.6) is 0 Å². The van der Waals surface area contributed by atoms with E-state index in [4.69, 9.17) is 10.2 Å². The molecule has 0 aliphatic carbocycles. The van der Waals surface area contributed by atoms with E-state index < -0.39 is 18.2 Å². The number of rotatable bonds is 6. The number of aliphatic hydroxyl groups is 2. The van der Waals surface area contributed by atoms with Crippen molar-refractivity contribution in [1.82, 2.24) is 19.6 Å². The fourth-order valence-corrected chi connectivity index (χ4v) is 2.75. The normalized spacial score (nSPS) is 21.0. The van der Waals surface area contributed by atoms with Crippen LogP contribution in [0.1, 0.15) is 0 Å². The Kier molecular flexibility index (Phi) is 9.86. The molecule has 0 atom stereocenters. The Morgan fingerprint density at radius 2 is 1.12 bits per heavy atom. The standard InChI is InChI=1S/C15H30N4O6/c1-16-2-4-17(10-13(20)21)6-8-19(12-15(24)25)9-7-18(5-3-16)11-14(22)23/h13,20-21H,2-12H2,1H3,(H,22,23)(H,24,25). The molecule has 0 bridgehead atoms. The highest BCUT2D eigenvalue weighted by atomic mass is 16.5. The van der Waals surface area contributed by atoms with Crippen molar-refractivity contribution in [3.63, 3.8) is 0 Å². The summed E-state index contributed by atoms with van der Waals surface area (Å²) < 4.78 is 0. The van der Waals surface area contributed by atoms with E-state index in [2.05, 4.69) is 4.90 Å². The van der Waals surface area contributed by atoms with Gasteiger partial charge in [0.05, 0.1) is 13.1 Å². The van der Waals surface area contributed by atoms with Gasteiger partial charge in [0.25, 0.3) is 0 Å². The van der Waals surface area contributed by atoms with Crippen molar-refractivity contribution in [3.8, 4) is 0 Å². The van der Waals surface area contributed by atoms with Gasteiger partial charge in [0, 0.05) is 58.9 Å². The zero-order valence-corrected chi connectivity index (χ0v) is 14.7. The first-order chi connectivity index (χ1) is 11.8. The predicted octanol–water partition coefficient (Wildman–Crippen LogP) is -2.68. The van der Waals surface area contributed by atoms with Gasteiger partial charge in [-0.05, 0) is 7.05 Å². The van der Waals surface area contributed by atoms with Gasteiger partial charge in [0.2, 0.25) is 0 Å². The molecule has 1 rings (SSSR count). The number of nitrogens with zero attached hydrogens (tertiary/aromatic N) is 4. The first-order valence-corrected chi connectivity index (χ1v) is 8.41. The Morgan fingerprint density at radius 1 is 0.760 bits per heavy atom. The van der Waals surface area contributed by atoms with Crippen molar-refractivity contribution in [2.75, 3.05) is 79.0 Å². The number of hydrogen-bond acceptors (Lipinski definition) is 8. The minimum absolute atomic E-state index is 0.0718. The number of carbonyl (C=O) groups is 2. The molecule has 1 aliphatic heterocycles. The number of carboxylic acid groups (broad SMARTS) is 2. The molecule has 1 aliphatic rings. The maximum Gasteiger partial charge on any atom is 0.317 e. The van der Waals surface area contributed by atoms with E-state index in [1.54, 1.807) is 4.90 Å². The third-order valence-corrected chi connectivity index (χ3v) is 4.20. The van der Waals surface area contributed by atoms with E-state index in [9.17, 15) is 19.8 Å². The van der Waals surface area contributed by atoms with Crippen LogP contribution < -0.4 is 0 Å². The molecule has 10 nitrogen and oxygen atoms in total. The summed E-state index contributed by atoms with van der Waals surface area (Å²) in [6.07, 6.45) is -1.43. The van der Waals surface area contributed by atoms with E-state index >= 15 is 0 Å². The number of β-amino-alcohol motifs (C(OH)–C–C–N with tert-alkyl or cyclic N) is 2. The molecule has 0 spiro atoms. The van der Waals surface area contributed by atoms with Crippen molar-refractivity contribution in [1.29, 1.82) is 0 Å². The number of carboxylic acids is 2. The SMILES string of the molecule is CN1CCN(CC(=O)O)CCN(CC(=O)O)CCN(CC(O)O)CC1. The van der Waals surface area contributed by atoms with Gasteiger partial charge in [-0.25, -0.2) is 0 Å². The summed E-state index contributed by atoms with van der Waals surface area (Å²) in [5.41, 5.74) is 0. The highest BCUT2D eigenvalue weighted by molar-refractivity contribution is 5.69. The second-order valence-electron chi connectivity index (χ2n) is 6.42. The first kappa shape index (κ1) is 21.7. The Hall–Kier alpha value is -1.30. The molecule has 25 heavy (non-hydrogen) atoms. The van der Waals surface area contributed by atoms with Gasteiger partial charge in [0.1, 0.15) is 0 Å². The zero-order valence-electron chi connectivity index (χ0n) is 14.7. The smallest absolute Gasteiger partial charge is 0.317 e. The Morgan fingerprint density at radius 3 is 1.52 bits per heavy atom. The van der Waals surface area contributed by atoms with Crippen LogP contribution in [0.2, 0.25) is 0 Å². The average molecular weight is 362 g/mol. The molecule has 0 amide bonds. The molecule has 0 aromatic carbocycles. The molecule has 146 valence electrons. The van der Waals surface area contributed by atoms with Gasteiger partial charge in [-0.15, -0.1) is 0 Å². The summed E-state index contributed by atoms with van der Waals surface area (Å²) in [6.45, 7) is 4.37. The van der Waals surface area contributed by atoms with Gasteiger partial charge < -0.3 is 25.3 Å². The fraction of sp³-hybridized carbons (Fsp3) is 0.867. The lowest BCUT2D eigenvalue weighted by molar-refractivity contribution is -0.140. The lowest BCUT2D eigenvalue weighted by atomic mass is 10.3. The summed E-state index contributed by atoms with van der Waals surface area (Å²) in [6, 6.07) is 0. The predicted molar refractivity (Wildman–Crippen MR) is 90.3 cm³/mol. The van der Waals surface area contributed by atoms with Crippen LogP contribution in [-0.2, 0) is 9.59 Å². The van der Waals surface area contributed by atoms with E-state index in [-0.39, 0.29) is 19.6 Å². The van der Waals surface area contributed by atoms with Crippen LogP contribution in [0.3, 0.4) is 0 Å². The first-order valence-electron chi connectivity index (χ1n) is 8.41. The van der Waals surface area contributed by atoms with Crippen molar-refractivity contribution in [2.24, 2.45) is 0 Å². The van der Waals surface area contributed by atoms with E-state index in [0.29, 0.717) is 52.4 Å². The molecular weight excluding hydrogens is 332 g/mol. The maximum atomic E-state index is 11.1. The molecule has 4 N–H and O–H groups in total. The molecule has 0 unspecified atom stereocenters. The number of likely N-dealkylation sites (N-methyl/N-ethyl adjacent to an activating group) is 1. The minimum Gasteiger partial charge on any atom is -0.480 e. The summed E-state index contributed by atoms with van der Waals surface area (Å²) >= 11 is 0. The van der Waals surface area contributed by atoms with Crippen LogP contribution in [0, 0.1) is 0 Å². The van der Waals surface area contributed by atoms with Crippen LogP contribution in [0.15, 0.2) is 0 Å². The monoisotopic (exact) mass is 362 g/mol. The van der Waals surface area contributed by atoms with Gasteiger partial charge in [0.15, 0.2) is 6.29 Å². The van der Waals surface area contributed by atoms with Gasteiger partial charge in [-0.3, -0.25) is 24.3 Å². The van der Waals surface area contributed by atoms with Crippen LogP contribution in [-0.4, -0.2) is 137 Å². The van der Waals surface area contributed by atoms with Crippen LogP contribution >= 0.6 is 0 Å². The van der Waals surface area contributed by atoms with E-state index in [1.807, 2.05) is 16.8 Å². The molecule has 0 aromatic rings. The van der Waals surface area contributed by atoms with Crippen molar-refractivity contribution in [2.45, 2.75) is 6.29 Å². The van der Waals surface area contributed by atoms with Crippen LogP contribution in [0.4, 0.5) is 0 Å².